The highest BCUT2D eigenvalue weighted by atomic mass is 16.2. The molecule has 3 rings (SSSR count). The summed E-state index contributed by atoms with van der Waals surface area (Å²) in [5.41, 5.74) is 0.508. The van der Waals surface area contributed by atoms with E-state index < -0.39 is 0 Å². The van der Waals surface area contributed by atoms with E-state index in [-0.39, 0.29) is 24.6 Å². The Labute approximate surface area is 126 Å². The van der Waals surface area contributed by atoms with Crippen molar-refractivity contribution < 1.29 is 4.79 Å². The number of carbonyl (C=O) groups is 1. The number of aromatic nitrogens is 4. The van der Waals surface area contributed by atoms with Crippen molar-refractivity contribution in [3.8, 4) is 0 Å². The van der Waals surface area contributed by atoms with Crippen LogP contribution in [0.3, 0.4) is 0 Å². The van der Waals surface area contributed by atoms with Gasteiger partial charge in [-0.2, -0.15) is 10.2 Å². The Kier molecular flexibility index (Phi) is 3.69. The maximum absolute atomic E-state index is 12.0. The number of nitrogens with zero attached hydrogens (tertiary/aromatic N) is 4. The van der Waals surface area contributed by atoms with E-state index in [1.165, 1.54) is 4.68 Å². The molecule has 0 radical (unpaired) electrons. The van der Waals surface area contributed by atoms with Gasteiger partial charge in [-0.25, -0.2) is 4.68 Å². The molecule has 7 nitrogen and oxygen atoms in total. The van der Waals surface area contributed by atoms with E-state index >= 15 is 0 Å². The van der Waals surface area contributed by atoms with E-state index in [4.69, 9.17) is 0 Å². The predicted molar refractivity (Wildman–Crippen MR) is 81.1 cm³/mol. The van der Waals surface area contributed by atoms with E-state index in [0.717, 1.165) is 5.39 Å². The highest BCUT2D eigenvalue weighted by molar-refractivity contribution is 5.84. The molecule has 1 aromatic carbocycles. The molecule has 112 valence electrons. The zero-order valence-electron chi connectivity index (χ0n) is 12.1. The summed E-state index contributed by atoms with van der Waals surface area (Å²) in [6, 6.07) is 9.00. The van der Waals surface area contributed by atoms with Crippen LogP contribution in [0.4, 0.5) is 0 Å². The van der Waals surface area contributed by atoms with Gasteiger partial charge in [-0.15, -0.1) is 0 Å². The smallest absolute Gasteiger partial charge is 0.274 e. The van der Waals surface area contributed by atoms with Crippen LogP contribution in [0.25, 0.3) is 10.8 Å². The maximum atomic E-state index is 12.0. The number of carbonyl (C=O) groups excluding carboxylic acids is 1. The number of hydrogen-bond acceptors (Lipinski definition) is 4. The third-order valence-electron chi connectivity index (χ3n) is 3.35. The number of nitrogens with one attached hydrogen (secondary N) is 1. The van der Waals surface area contributed by atoms with Gasteiger partial charge < -0.3 is 5.32 Å². The minimum absolute atomic E-state index is 0.150. The van der Waals surface area contributed by atoms with E-state index in [0.29, 0.717) is 11.1 Å². The highest BCUT2D eigenvalue weighted by Crippen LogP contribution is 2.12. The fraction of sp³-hybridized carbons (Fsp3) is 0.200. The molecule has 0 aliphatic carbocycles. The summed E-state index contributed by atoms with van der Waals surface area (Å²) in [7, 11) is 1.60. The second-order valence-corrected chi connectivity index (χ2v) is 4.90. The molecule has 0 unspecified atom stereocenters. The van der Waals surface area contributed by atoms with Crippen molar-refractivity contribution in [2.45, 2.75) is 13.1 Å². The summed E-state index contributed by atoms with van der Waals surface area (Å²) in [5, 5.41) is 12.4. The molecule has 0 spiro atoms. The summed E-state index contributed by atoms with van der Waals surface area (Å²) in [4.78, 5) is 23.9. The Balaban J connectivity index is 1.81. The fourth-order valence-corrected chi connectivity index (χ4v) is 2.29. The molecular weight excluding hydrogens is 282 g/mol. The Morgan fingerprint density at radius 1 is 1.23 bits per heavy atom. The Bertz CT molecular complexity index is 867. The van der Waals surface area contributed by atoms with Crippen LogP contribution in [0.2, 0.25) is 0 Å². The van der Waals surface area contributed by atoms with E-state index in [2.05, 4.69) is 15.5 Å². The molecule has 2 heterocycles. The first-order valence-electron chi connectivity index (χ1n) is 6.84. The Morgan fingerprint density at radius 3 is 2.73 bits per heavy atom. The zero-order valence-corrected chi connectivity index (χ0v) is 12.1. The van der Waals surface area contributed by atoms with Crippen molar-refractivity contribution in [3.63, 3.8) is 0 Å². The van der Waals surface area contributed by atoms with Crippen molar-refractivity contribution in [2.24, 2.45) is 7.05 Å². The normalized spacial score (nSPS) is 10.8. The molecule has 7 heteroatoms. The molecule has 0 aliphatic heterocycles. The van der Waals surface area contributed by atoms with Crippen LogP contribution in [0.5, 0.6) is 0 Å². The number of benzene rings is 1. The van der Waals surface area contributed by atoms with Gasteiger partial charge in [0.05, 0.1) is 17.6 Å². The topological polar surface area (TPSA) is 81.8 Å². The first-order chi connectivity index (χ1) is 10.6. The predicted octanol–water partition coefficient (Wildman–Crippen LogP) is 0.446. The molecule has 1 N–H and O–H groups in total. The molecule has 0 saturated carbocycles. The molecular formula is C15H15N5O2. The van der Waals surface area contributed by atoms with Gasteiger partial charge in [0.2, 0.25) is 5.91 Å². The van der Waals surface area contributed by atoms with Crippen LogP contribution in [-0.4, -0.2) is 25.5 Å². The van der Waals surface area contributed by atoms with Gasteiger partial charge in [-0.05, 0) is 12.1 Å². The monoisotopic (exact) mass is 297 g/mol. The van der Waals surface area contributed by atoms with Gasteiger partial charge in [0.25, 0.3) is 5.56 Å². The van der Waals surface area contributed by atoms with Crippen LogP contribution in [-0.2, 0) is 24.9 Å². The quantitative estimate of drug-likeness (QED) is 0.758. The third-order valence-corrected chi connectivity index (χ3v) is 3.35. The van der Waals surface area contributed by atoms with Gasteiger partial charge in [0.1, 0.15) is 6.54 Å². The second-order valence-electron chi connectivity index (χ2n) is 4.90. The van der Waals surface area contributed by atoms with Crippen molar-refractivity contribution in [3.05, 3.63) is 58.8 Å². The molecule has 1 amide bonds. The Morgan fingerprint density at radius 2 is 2.00 bits per heavy atom. The molecule has 22 heavy (non-hydrogen) atoms. The largest absolute Gasteiger partial charge is 0.349 e. The lowest BCUT2D eigenvalue weighted by Gasteiger charge is -2.09. The average molecular weight is 297 g/mol. The van der Waals surface area contributed by atoms with Gasteiger partial charge >= 0.3 is 0 Å². The third kappa shape index (κ3) is 2.73. The number of hydrogen-bond donors (Lipinski definition) is 1. The lowest BCUT2D eigenvalue weighted by atomic mass is 10.1. The number of fused-ring (bicyclic) bond motifs is 1. The highest BCUT2D eigenvalue weighted by Gasteiger charge is 2.10. The molecule has 0 bridgehead atoms. The molecule has 0 aliphatic rings. The minimum Gasteiger partial charge on any atom is -0.349 e. The molecule has 0 fully saturated rings. The zero-order chi connectivity index (χ0) is 15.5. The van der Waals surface area contributed by atoms with Gasteiger partial charge in [-0.3, -0.25) is 14.3 Å². The first kappa shape index (κ1) is 14.0. The minimum atomic E-state index is -0.163. The molecule has 0 saturated heterocycles. The van der Waals surface area contributed by atoms with E-state index in [9.17, 15) is 9.59 Å². The van der Waals surface area contributed by atoms with E-state index in [1.54, 1.807) is 36.3 Å². The van der Waals surface area contributed by atoms with Crippen molar-refractivity contribution in [1.82, 2.24) is 24.9 Å². The standard InChI is InChI=1S/C15H15N5O2/c1-19-15(22)12-6-3-2-5-11(12)13(18-19)9-16-14(21)10-20-8-4-7-17-20/h2-8H,9-10H2,1H3,(H,16,21). The van der Waals surface area contributed by atoms with Gasteiger partial charge in [0.15, 0.2) is 0 Å². The maximum Gasteiger partial charge on any atom is 0.274 e. The number of rotatable bonds is 4. The Hall–Kier alpha value is -2.96. The van der Waals surface area contributed by atoms with Gasteiger partial charge in [0, 0.05) is 24.8 Å². The van der Waals surface area contributed by atoms with Crippen molar-refractivity contribution >= 4 is 16.7 Å². The summed E-state index contributed by atoms with van der Waals surface area (Å²) >= 11 is 0. The summed E-state index contributed by atoms with van der Waals surface area (Å²) in [6.07, 6.45) is 3.34. The summed E-state index contributed by atoms with van der Waals surface area (Å²) in [5.74, 6) is -0.163. The van der Waals surface area contributed by atoms with Gasteiger partial charge in [-0.1, -0.05) is 18.2 Å². The first-order valence-corrected chi connectivity index (χ1v) is 6.84. The van der Waals surface area contributed by atoms with Crippen LogP contribution >= 0.6 is 0 Å². The summed E-state index contributed by atoms with van der Waals surface area (Å²) < 4.78 is 2.83. The van der Waals surface area contributed by atoms with Crippen LogP contribution in [0.1, 0.15) is 5.69 Å². The lowest BCUT2D eigenvalue weighted by molar-refractivity contribution is -0.122. The molecule has 0 atom stereocenters. The SMILES string of the molecule is Cn1nc(CNC(=O)Cn2cccn2)c2ccccc2c1=O. The summed E-state index contributed by atoms with van der Waals surface area (Å²) in [6.45, 7) is 0.408. The van der Waals surface area contributed by atoms with Crippen LogP contribution < -0.4 is 10.9 Å². The lowest BCUT2D eigenvalue weighted by Crippen LogP contribution is -2.29. The number of amides is 1. The van der Waals surface area contributed by atoms with Crippen LogP contribution in [0.15, 0.2) is 47.5 Å². The molecule has 2 aromatic heterocycles. The van der Waals surface area contributed by atoms with Crippen molar-refractivity contribution in [1.29, 1.82) is 0 Å². The average Bonchev–Trinajstić information content (AvgIpc) is 3.02. The van der Waals surface area contributed by atoms with Crippen molar-refractivity contribution in [2.75, 3.05) is 0 Å². The van der Waals surface area contributed by atoms with Crippen LogP contribution in [0, 0.1) is 0 Å². The second kappa shape index (κ2) is 5.80. The van der Waals surface area contributed by atoms with E-state index in [1.807, 2.05) is 18.2 Å². The number of aryl methyl sites for hydroxylation is 1. The fourth-order valence-electron chi connectivity index (χ4n) is 2.29. The molecule has 3 aromatic rings.